The summed E-state index contributed by atoms with van der Waals surface area (Å²) < 4.78 is 23.6. The van der Waals surface area contributed by atoms with Crippen LogP contribution >= 0.6 is 0 Å². The first-order valence-electron chi connectivity index (χ1n) is 7.69. The van der Waals surface area contributed by atoms with Crippen LogP contribution in [0.3, 0.4) is 0 Å². The Hall–Kier alpha value is -1.41. The van der Waals surface area contributed by atoms with Crippen LogP contribution < -0.4 is 5.32 Å². The monoisotopic (exact) mass is 326 g/mol. The number of nitrogens with zero attached hydrogens (tertiary/aromatic N) is 2. The van der Waals surface area contributed by atoms with Crippen LogP contribution in [0.4, 0.5) is 0 Å². The third-order valence-corrected chi connectivity index (χ3v) is 5.75. The summed E-state index contributed by atoms with van der Waals surface area (Å²) in [5, 5.41) is 9.96. The largest absolute Gasteiger partial charge is 0.342 e. The molecule has 2 fully saturated rings. The normalized spacial score (nSPS) is 23.9. The van der Waals surface area contributed by atoms with E-state index in [2.05, 4.69) is 15.5 Å². The number of carbonyl (C=O) groups excluding carboxylic acids is 1. The van der Waals surface area contributed by atoms with E-state index >= 15 is 0 Å². The summed E-state index contributed by atoms with van der Waals surface area (Å²) in [6, 6.07) is 0. The molecule has 0 spiro atoms. The number of amides is 1. The Kier molecular flexibility index (Phi) is 4.22. The summed E-state index contributed by atoms with van der Waals surface area (Å²) >= 11 is 0. The lowest BCUT2D eigenvalue weighted by Gasteiger charge is -2.26. The lowest BCUT2D eigenvalue weighted by atomic mass is 9.96. The summed E-state index contributed by atoms with van der Waals surface area (Å²) in [6.07, 6.45) is 5.11. The van der Waals surface area contributed by atoms with Gasteiger partial charge in [-0.25, -0.2) is 8.42 Å². The maximum absolute atomic E-state index is 12.6. The van der Waals surface area contributed by atoms with Crippen molar-refractivity contribution < 1.29 is 13.2 Å². The van der Waals surface area contributed by atoms with Crippen molar-refractivity contribution in [3.8, 4) is 0 Å². The minimum absolute atomic E-state index is 0.0258. The summed E-state index contributed by atoms with van der Waals surface area (Å²) in [7, 11) is -3.29. The minimum Gasteiger partial charge on any atom is -0.342 e. The summed E-state index contributed by atoms with van der Waals surface area (Å²) in [6.45, 7) is 3.06. The first kappa shape index (κ1) is 15.5. The van der Waals surface area contributed by atoms with Crippen LogP contribution in [0.2, 0.25) is 0 Å². The second-order valence-corrected chi connectivity index (χ2v) is 8.20. The molecule has 2 N–H and O–H groups in total. The van der Waals surface area contributed by atoms with E-state index < -0.39 is 9.84 Å². The molecule has 3 rings (SSSR count). The quantitative estimate of drug-likeness (QED) is 0.823. The molecule has 0 radical (unpaired) electrons. The molecule has 0 saturated carbocycles. The first-order valence-corrected chi connectivity index (χ1v) is 9.59. The van der Waals surface area contributed by atoms with Gasteiger partial charge < -0.3 is 10.2 Å². The van der Waals surface area contributed by atoms with E-state index in [1.54, 1.807) is 0 Å². The average molecular weight is 326 g/mol. The maximum Gasteiger partial charge on any atom is 0.225 e. The molecule has 122 valence electrons. The molecule has 3 heterocycles. The van der Waals surface area contributed by atoms with Gasteiger partial charge in [-0.1, -0.05) is 0 Å². The second-order valence-electron chi connectivity index (χ2n) is 6.21. The fourth-order valence-corrected chi connectivity index (χ4v) is 4.25. The molecule has 1 aromatic rings. The molecule has 7 nitrogen and oxygen atoms in total. The molecule has 2 saturated heterocycles. The SMILES string of the molecule is CS(=O)(=O)c1cn[nH]c1[C@H]1CCN(C(=O)C2CCNCC2)C1. The first-order chi connectivity index (χ1) is 10.5. The third kappa shape index (κ3) is 3.03. The minimum atomic E-state index is -3.29. The van der Waals surface area contributed by atoms with Crippen molar-refractivity contribution in [2.24, 2.45) is 5.92 Å². The Balaban J connectivity index is 1.70. The zero-order chi connectivity index (χ0) is 15.7. The zero-order valence-corrected chi connectivity index (χ0v) is 13.5. The van der Waals surface area contributed by atoms with Crippen LogP contribution in [-0.2, 0) is 14.6 Å². The number of likely N-dealkylation sites (tertiary alicyclic amines) is 1. The molecule has 0 aromatic carbocycles. The van der Waals surface area contributed by atoms with Gasteiger partial charge in [-0.3, -0.25) is 9.89 Å². The fraction of sp³-hybridized carbons (Fsp3) is 0.714. The predicted octanol–water partition coefficient (Wildman–Crippen LogP) is 0.129. The molecule has 8 heteroatoms. The third-order valence-electron chi connectivity index (χ3n) is 4.63. The topological polar surface area (TPSA) is 95.2 Å². The number of nitrogens with one attached hydrogen (secondary N) is 2. The number of aromatic amines is 1. The molecule has 2 aliphatic rings. The van der Waals surface area contributed by atoms with Crippen LogP contribution in [0.15, 0.2) is 11.1 Å². The Morgan fingerprint density at radius 2 is 2.05 bits per heavy atom. The number of piperidine rings is 1. The number of carbonyl (C=O) groups is 1. The maximum atomic E-state index is 12.6. The molecule has 1 atom stereocenters. The highest BCUT2D eigenvalue weighted by molar-refractivity contribution is 7.90. The smallest absolute Gasteiger partial charge is 0.225 e. The number of H-pyrrole nitrogens is 1. The number of rotatable bonds is 3. The molecular formula is C14H22N4O3S. The highest BCUT2D eigenvalue weighted by atomic mass is 32.2. The van der Waals surface area contributed by atoms with Gasteiger partial charge in [0.05, 0.1) is 11.9 Å². The van der Waals surface area contributed by atoms with Crippen LogP contribution in [-0.4, -0.2) is 61.9 Å². The molecular weight excluding hydrogens is 304 g/mol. The molecule has 2 aliphatic heterocycles. The highest BCUT2D eigenvalue weighted by Gasteiger charge is 2.34. The Morgan fingerprint density at radius 1 is 1.32 bits per heavy atom. The Labute approximate surface area is 130 Å². The average Bonchev–Trinajstić information content (AvgIpc) is 3.15. The van der Waals surface area contributed by atoms with E-state index in [4.69, 9.17) is 0 Å². The number of sulfone groups is 1. The summed E-state index contributed by atoms with van der Waals surface area (Å²) in [5.74, 6) is 0.346. The standard InChI is InChI=1S/C14H22N4O3S/c1-22(20,21)12-8-16-17-13(12)11-4-7-18(9-11)14(19)10-2-5-15-6-3-10/h8,10-11,15H,2-7,9H2,1H3,(H,16,17)/t11-/m0/s1. The Bertz CT molecular complexity index is 649. The molecule has 0 unspecified atom stereocenters. The molecule has 0 bridgehead atoms. The van der Waals surface area contributed by atoms with Crippen molar-refractivity contribution in [2.45, 2.75) is 30.1 Å². The van der Waals surface area contributed by atoms with Gasteiger partial charge in [0.15, 0.2) is 9.84 Å². The zero-order valence-electron chi connectivity index (χ0n) is 12.7. The van der Waals surface area contributed by atoms with Gasteiger partial charge in [0, 0.05) is 31.2 Å². The van der Waals surface area contributed by atoms with Crippen LogP contribution in [0.5, 0.6) is 0 Å². The second kappa shape index (κ2) is 6.00. The van der Waals surface area contributed by atoms with Gasteiger partial charge in [0.25, 0.3) is 0 Å². The van der Waals surface area contributed by atoms with Crippen LogP contribution in [0.25, 0.3) is 0 Å². The highest BCUT2D eigenvalue weighted by Crippen LogP contribution is 2.31. The van der Waals surface area contributed by atoms with Gasteiger partial charge in [-0.05, 0) is 32.4 Å². The summed E-state index contributed by atoms with van der Waals surface area (Å²) in [5.41, 5.74) is 0.642. The van der Waals surface area contributed by atoms with Gasteiger partial charge >= 0.3 is 0 Å². The molecule has 0 aliphatic carbocycles. The van der Waals surface area contributed by atoms with Crippen molar-refractivity contribution in [1.82, 2.24) is 20.4 Å². The lowest BCUT2D eigenvalue weighted by molar-refractivity contribution is -0.135. The summed E-state index contributed by atoms with van der Waals surface area (Å²) in [4.78, 5) is 14.7. The molecule has 22 heavy (non-hydrogen) atoms. The molecule has 1 amide bonds. The van der Waals surface area contributed by atoms with Gasteiger partial charge in [-0.2, -0.15) is 5.10 Å². The molecule has 1 aromatic heterocycles. The van der Waals surface area contributed by atoms with Crippen molar-refractivity contribution in [2.75, 3.05) is 32.4 Å². The van der Waals surface area contributed by atoms with E-state index in [1.807, 2.05) is 4.90 Å². The Morgan fingerprint density at radius 3 is 2.73 bits per heavy atom. The number of hydrogen-bond donors (Lipinski definition) is 2. The fourth-order valence-electron chi connectivity index (χ4n) is 3.40. The van der Waals surface area contributed by atoms with E-state index in [9.17, 15) is 13.2 Å². The van der Waals surface area contributed by atoms with E-state index in [0.29, 0.717) is 18.8 Å². The van der Waals surface area contributed by atoms with Gasteiger partial charge in [0.2, 0.25) is 5.91 Å². The number of aromatic nitrogens is 2. The van der Waals surface area contributed by atoms with Gasteiger partial charge in [-0.15, -0.1) is 0 Å². The van der Waals surface area contributed by atoms with Gasteiger partial charge in [0.1, 0.15) is 4.90 Å². The number of hydrogen-bond acceptors (Lipinski definition) is 5. The van der Waals surface area contributed by atoms with E-state index in [0.717, 1.165) is 32.4 Å². The van der Waals surface area contributed by atoms with Crippen LogP contribution in [0, 0.1) is 5.92 Å². The van der Waals surface area contributed by atoms with Crippen molar-refractivity contribution in [1.29, 1.82) is 0 Å². The lowest BCUT2D eigenvalue weighted by Crippen LogP contribution is -2.40. The van der Waals surface area contributed by atoms with Crippen LogP contribution in [0.1, 0.15) is 30.9 Å². The van der Waals surface area contributed by atoms with E-state index in [-0.39, 0.29) is 22.6 Å². The van der Waals surface area contributed by atoms with Crippen molar-refractivity contribution in [3.63, 3.8) is 0 Å². The van der Waals surface area contributed by atoms with Crippen molar-refractivity contribution >= 4 is 15.7 Å². The van der Waals surface area contributed by atoms with E-state index in [1.165, 1.54) is 12.5 Å². The predicted molar refractivity (Wildman–Crippen MR) is 81.2 cm³/mol. The van der Waals surface area contributed by atoms with Crippen molar-refractivity contribution in [3.05, 3.63) is 11.9 Å².